The van der Waals surface area contributed by atoms with Crippen LogP contribution >= 0.6 is 0 Å². The molecule has 0 aromatic heterocycles. The first-order chi connectivity index (χ1) is 9.70. The van der Waals surface area contributed by atoms with Gasteiger partial charge in [0.05, 0.1) is 17.0 Å². The number of primary amides is 1. The van der Waals surface area contributed by atoms with E-state index in [4.69, 9.17) is 10.8 Å². The Labute approximate surface area is 118 Å². The number of carbonyl (C=O) groups is 2. The number of carboxylic acids is 1. The average molecular weight is 302 g/mol. The molecule has 1 aromatic carbocycles. The quantitative estimate of drug-likeness (QED) is 0.890. The molecule has 21 heavy (non-hydrogen) atoms. The number of halogens is 3. The number of hydrogen-bond donors (Lipinski definition) is 2. The van der Waals surface area contributed by atoms with Crippen LogP contribution in [0.25, 0.3) is 0 Å². The van der Waals surface area contributed by atoms with Crippen molar-refractivity contribution in [3.63, 3.8) is 0 Å². The number of rotatable bonds is 3. The van der Waals surface area contributed by atoms with Crippen LogP contribution in [0, 0.1) is 5.92 Å². The second-order valence-electron chi connectivity index (χ2n) is 4.86. The van der Waals surface area contributed by atoms with Gasteiger partial charge in [-0.3, -0.25) is 9.59 Å². The van der Waals surface area contributed by atoms with E-state index in [2.05, 4.69) is 0 Å². The maximum Gasteiger partial charge on any atom is 0.417 e. The van der Waals surface area contributed by atoms with E-state index in [1.807, 2.05) is 0 Å². The summed E-state index contributed by atoms with van der Waals surface area (Å²) < 4.78 is 38.9. The van der Waals surface area contributed by atoms with Crippen LogP contribution in [0.3, 0.4) is 0 Å². The van der Waals surface area contributed by atoms with E-state index >= 15 is 0 Å². The summed E-state index contributed by atoms with van der Waals surface area (Å²) in [6.45, 7) is 0.493. The lowest BCUT2D eigenvalue weighted by atomic mass is 10.0. The Hall–Kier alpha value is -2.25. The molecule has 3 N–H and O–H groups in total. The average Bonchev–Trinajstić information content (AvgIpc) is 2.86. The molecule has 1 heterocycles. The molecule has 0 spiro atoms. The summed E-state index contributed by atoms with van der Waals surface area (Å²) >= 11 is 0. The van der Waals surface area contributed by atoms with Crippen LogP contribution in [-0.4, -0.2) is 30.1 Å². The van der Waals surface area contributed by atoms with E-state index in [0.717, 1.165) is 12.1 Å². The lowest BCUT2D eigenvalue weighted by Gasteiger charge is -2.20. The Bertz CT molecular complexity index is 587. The van der Waals surface area contributed by atoms with Gasteiger partial charge in [0.25, 0.3) is 0 Å². The number of anilines is 1. The van der Waals surface area contributed by atoms with Gasteiger partial charge in [-0.2, -0.15) is 13.2 Å². The molecule has 1 unspecified atom stereocenters. The van der Waals surface area contributed by atoms with Crippen LogP contribution in [-0.2, 0) is 11.0 Å². The molecule has 1 atom stereocenters. The number of carboxylic acid groups (broad SMARTS) is 1. The predicted molar refractivity (Wildman–Crippen MR) is 67.9 cm³/mol. The first-order valence-electron chi connectivity index (χ1n) is 6.19. The molecule has 2 rings (SSSR count). The highest BCUT2D eigenvalue weighted by Crippen LogP contribution is 2.35. The molecule has 1 saturated heterocycles. The van der Waals surface area contributed by atoms with Crippen molar-refractivity contribution < 1.29 is 27.9 Å². The Morgan fingerprint density at radius 1 is 1.33 bits per heavy atom. The first-order valence-corrected chi connectivity index (χ1v) is 6.19. The van der Waals surface area contributed by atoms with E-state index in [-0.39, 0.29) is 12.2 Å². The highest BCUT2D eigenvalue weighted by molar-refractivity contribution is 5.95. The van der Waals surface area contributed by atoms with Crippen LogP contribution in [0.4, 0.5) is 18.9 Å². The third-order valence-corrected chi connectivity index (χ3v) is 3.48. The van der Waals surface area contributed by atoms with Crippen LogP contribution in [0.2, 0.25) is 0 Å². The summed E-state index contributed by atoms with van der Waals surface area (Å²) in [5.41, 5.74) is 3.48. The molecule has 1 aromatic rings. The molecule has 1 amide bonds. The van der Waals surface area contributed by atoms with Gasteiger partial charge in [0.15, 0.2) is 0 Å². The third kappa shape index (κ3) is 3.09. The molecule has 0 saturated carbocycles. The van der Waals surface area contributed by atoms with Crippen molar-refractivity contribution in [1.82, 2.24) is 0 Å². The summed E-state index contributed by atoms with van der Waals surface area (Å²) in [4.78, 5) is 23.5. The molecular formula is C13H13F3N2O3. The van der Waals surface area contributed by atoms with Crippen LogP contribution in [0.15, 0.2) is 18.2 Å². The smallest absolute Gasteiger partial charge is 0.417 e. The molecule has 0 bridgehead atoms. The Kier molecular flexibility index (Phi) is 3.80. The lowest BCUT2D eigenvalue weighted by Crippen LogP contribution is -2.24. The van der Waals surface area contributed by atoms with Crippen molar-refractivity contribution in [3.8, 4) is 0 Å². The Balaban J connectivity index is 2.35. The molecule has 1 aliphatic heterocycles. The zero-order chi connectivity index (χ0) is 15.8. The minimum atomic E-state index is -4.70. The number of nitrogens with zero attached hydrogens (tertiary/aromatic N) is 1. The topological polar surface area (TPSA) is 83.6 Å². The lowest BCUT2D eigenvalue weighted by molar-refractivity contribution is -0.141. The minimum absolute atomic E-state index is 0.141. The SMILES string of the molecule is NC(=O)c1ccc(N2CCC(C(=O)O)C2)cc1C(F)(F)F. The summed E-state index contributed by atoms with van der Waals surface area (Å²) in [5.74, 6) is -2.73. The van der Waals surface area contributed by atoms with Crippen molar-refractivity contribution in [2.45, 2.75) is 12.6 Å². The van der Waals surface area contributed by atoms with Crippen molar-refractivity contribution in [2.75, 3.05) is 18.0 Å². The highest BCUT2D eigenvalue weighted by atomic mass is 19.4. The zero-order valence-electron chi connectivity index (χ0n) is 10.9. The van der Waals surface area contributed by atoms with Gasteiger partial charge in [0, 0.05) is 18.8 Å². The van der Waals surface area contributed by atoms with Gasteiger partial charge in [0.2, 0.25) is 5.91 Å². The second kappa shape index (κ2) is 5.27. The fourth-order valence-electron chi connectivity index (χ4n) is 2.37. The minimum Gasteiger partial charge on any atom is -0.481 e. The number of aliphatic carboxylic acids is 1. The normalized spacial score (nSPS) is 18.8. The molecular weight excluding hydrogens is 289 g/mol. The molecule has 114 valence electrons. The maximum atomic E-state index is 13.0. The van der Waals surface area contributed by atoms with Gasteiger partial charge in [-0.25, -0.2) is 0 Å². The van der Waals surface area contributed by atoms with E-state index in [1.165, 1.54) is 6.07 Å². The van der Waals surface area contributed by atoms with E-state index in [1.54, 1.807) is 4.90 Å². The van der Waals surface area contributed by atoms with Crippen molar-refractivity contribution in [3.05, 3.63) is 29.3 Å². The standard InChI is InChI=1S/C13H13F3N2O3/c14-13(15,16)10-5-8(1-2-9(10)11(17)19)18-4-3-7(6-18)12(20)21/h1-2,5,7H,3-4,6H2,(H2,17,19)(H,20,21). The van der Waals surface area contributed by atoms with Gasteiger partial charge in [-0.15, -0.1) is 0 Å². The fourth-order valence-corrected chi connectivity index (χ4v) is 2.37. The summed E-state index contributed by atoms with van der Waals surface area (Å²) in [7, 11) is 0. The number of amides is 1. The van der Waals surface area contributed by atoms with Crippen molar-refractivity contribution >= 4 is 17.6 Å². The molecule has 5 nitrogen and oxygen atoms in total. The van der Waals surface area contributed by atoms with Crippen molar-refractivity contribution in [1.29, 1.82) is 0 Å². The highest BCUT2D eigenvalue weighted by Gasteiger charge is 2.36. The van der Waals surface area contributed by atoms with Crippen molar-refractivity contribution in [2.24, 2.45) is 11.7 Å². The van der Waals surface area contributed by atoms with E-state index in [0.29, 0.717) is 13.0 Å². The van der Waals surface area contributed by atoms with Crippen LogP contribution in [0.1, 0.15) is 22.3 Å². The number of benzene rings is 1. The summed E-state index contributed by atoms with van der Waals surface area (Å²) in [5, 5.41) is 8.91. The fraction of sp³-hybridized carbons (Fsp3) is 0.385. The summed E-state index contributed by atoms with van der Waals surface area (Å²) in [6.07, 6.45) is -4.33. The second-order valence-corrected chi connectivity index (χ2v) is 4.86. The number of alkyl halides is 3. The summed E-state index contributed by atoms with van der Waals surface area (Å²) in [6, 6.07) is 3.21. The monoisotopic (exact) mass is 302 g/mol. The molecule has 1 aliphatic rings. The zero-order valence-corrected chi connectivity index (χ0v) is 10.9. The van der Waals surface area contributed by atoms with Gasteiger partial charge in [-0.1, -0.05) is 0 Å². The van der Waals surface area contributed by atoms with Crippen LogP contribution in [0.5, 0.6) is 0 Å². The van der Waals surface area contributed by atoms with Gasteiger partial charge >= 0.3 is 12.1 Å². The van der Waals surface area contributed by atoms with Crippen LogP contribution < -0.4 is 10.6 Å². The van der Waals surface area contributed by atoms with Gasteiger partial charge < -0.3 is 15.7 Å². The first kappa shape index (κ1) is 15.1. The maximum absolute atomic E-state index is 13.0. The molecule has 0 radical (unpaired) electrons. The molecule has 1 fully saturated rings. The van der Waals surface area contributed by atoms with Gasteiger partial charge in [-0.05, 0) is 24.6 Å². The van der Waals surface area contributed by atoms with E-state index in [9.17, 15) is 22.8 Å². The number of carbonyl (C=O) groups excluding carboxylic acids is 1. The van der Waals surface area contributed by atoms with E-state index < -0.39 is 35.1 Å². The number of hydrogen-bond acceptors (Lipinski definition) is 3. The van der Waals surface area contributed by atoms with Gasteiger partial charge in [0.1, 0.15) is 0 Å². The predicted octanol–water partition coefficient (Wildman–Crippen LogP) is 1.72. The molecule has 0 aliphatic carbocycles. The number of nitrogens with two attached hydrogens (primary N) is 1. The molecule has 8 heteroatoms. The Morgan fingerprint density at radius 3 is 2.48 bits per heavy atom. The Morgan fingerprint density at radius 2 is 2.00 bits per heavy atom. The largest absolute Gasteiger partial charge is 0.481 e. The third-order valence-electron chi connectivity index (χ3n) is 3.48.